The van der Waals surface area contributed by atoms with Gasteiger partial charge in [-0.1, -0.05) is 68.5 Å². The van der Waals surface area contributed by atoms with Crippen molar-refractivity contribution in [2.45, 2.75) is 38.6 Å². The maximum atomic E-state index is 12.4. The van der Waals surface area contributed by atoms with E-state index >= 15 is 0 Å². The van der Waals surface area contributed by atoms with Crippen LogP contribution >= 0.6 is 0 Å². The summed E-state index contributed by atoms with van der Waals surface area (Å²) in [5.74, 6) is -1.77. The maximum Gasteiger partial charge on any atom is 0.407 e. The van der Waals surface area contributed by atoms with E-state index in [0.29, 0.717) is 12.8 Å². The van der Waals surface area contributed by atoms with Gasteiger partial charge in [-0.3, -0.25) is 9.59 Å². The molecule has 1 atom stereocenters. The Morgan fingerprint density at radius 3 is 2.14 bits per heavy atom. The Morgan fingerprint density at radius 1 is 1.03 bits per heavy atom. The number of hydrogen-bond acceptors (Lipinski definition) is 6. The van der Waals surface area contributed by atoms with Crippen LogP contribution in [-0.4, -0.2) is 54.5 Å². The number of nitrogens with one attached hydrogen (secondary N) is 2. The van der Waals surface area contributed by atoms with E-state index in [2.05, 4.69) is 10.6 Å². The number of benzene rings is 2. The summed E-state index contributed by atoms with van der Waals surface area (Å²) < 4.78 is 5.43. The van der Waals surface area contributed by atoms with Crippen molar-refractivity contribution in [3.63, 3.8) is 0 Å². The van der Waals surface area contributed by atoms with Gasteiger partial charge in [0.25, 0.3) is 0 Å². The average Bonchev–Trinajstić information content (AvgIpc) is 3.14. The number of ether oxygens (including phenoxy) is 1. The number of rotatable bonds is 8. The Morgan fingerprint density at radius 2 is 1.58 bits per heavy atom. The van der Waals surface area contributed by atoms with E-state index in [0.717, 1.165) is 22.3 Å². The summed E-state index contributed by atoms with van der Waals surface area (Å²) >= 11 is 0. The smallest absolute Gasteiger partial charge is 0.407 e. The van der Waals surface area contributed by atoms with Gasteiger partial charge in [-0.2, -0.15) is 0 Å². The summed E-state index contributed by atoms with van der Waals surface area (Å²) in [5.41, 5.74) is 4.13. The molecule has 0 bridgehead atoms. The number of carbonyl (C=O) groups excluding carboxylic acids is 3. The largest absolute Gasteiger partial charge is 0.480 e. The third-order valence-corrected chi connectivity index (χ3v) is 6.61. The molecule has 2 aromatic carbocycles. The molecular formula is C28H30N2O6. The molecule has 0 aliphatic heterocycles. The number of ketones is 2. The quantitative estimate of drug-likeness (QED) is 0.294. The van der Waals surface area contributed by atoms with Crippen LogP contribution in [0.3, 0.4) is 0 Å². The highest BCUT2D eigenvalue weighted by Gasteiger charge is 2.35. The summed E-state index contributed by atoms with van der Waals surface area (Å²) in [6, 6.07) is 14.6. The van der Waals surface area contributed by atoms with Gasteiger partial charge in [0, 0.05) is 31.8 Å². The van der Waals surface area contributed by atoms with Gasteiger partial charge >= 0.3 is 12.1 Å². The standard InChI is InChI=1S/C28H30N2O6/c1-28(2)13-24(31)21(25(32)14-28)11-12-29-15-23(26(33)34)30-27(35)36-16-22-19-9-5-3-7-17(19)18-8-4-6-10-20(18)22/h3-11,22-23,29H,12-16H2,1-2H3,(H,30,35)(H,33,34)/t23-/m0/s1. The van der Waals surface area contributed by atoms with Crippen molar-refractivity contribution in [1.82, 2.24) is 10.6 Å². The first-order valence-electron chi connectivity index (χ1n) is 12.0. The van der Waals surface area contributed by atoms with Gasteiger partial charge in [0.15, 0.2) is 11.6 Å². The van der Waals surface area contributed by atoms with Gasteiger partial charge in [0.05, 0.1) is 5.57 Å². The number of hydrogen-bond donors (Lipinski definition) is 3. The molecule has 0 saturated heterocycles. The summed E-state index contributed by atoms with van der Waals surface area (Å²) in [5, 5.41) is 14.8. The van der Waals surface area contributed by atoms with E-state index in [1.807, 2.05) is 62.4 Å². The van der Waals surface area contributed by atoms with Crippen LogP contribution in [-0.2, 0) is 19.1 Å². The highest BCUT2D eigenvalue weighted by atomic mass is 16.5. The lowest BCUT2D eigenvalue weighted by Crippen LogP contribution is -2.47. The van der Waals surface area contributed by atoms with Crippen molar-refractivity contribution in [2.75, 3.05) is 19.7 Å². The molecule has 2 aromatic rings. The van der Waals surface area contributed by atoms with Gasteiger partial charge < -0.3 is 20.5 Å². The van der Waals surface area contributed by atoms with Gasteiger partial charge in [-0.15, -0.1) is 0 Å². The van der Waals surface area contributed by atoms with Crippen LogP contribution in [0, 0.1) is 5.41 Å². The van der Waals surface area contributed by atoms with Crippen LogP contribution in [0.1, 0.15) is 43.7 Å². The number of alkyl carbamates (subject to hydrolysis) is 1. The molecule has 2 aliphatic rings. The average molecular weight is 491 g/mol. The molecule has 0 spiro atoms. The third kappa shape index (κ3) is 5.54. The fourth-order valence-corrected chi connectivity index (χ4v) is 4.89. The molecule has 0 heterocycles. The summed E-state index contributed by atoms with van der Waals surface area (Å²) in [7, 11) is 0. The molecule has 0 unspecified atom stereocenters. The zero-order valence-electron chi connectivity index (χ0n) is 20.4. The number of amides is 1. The molecule has 2 aliphatic carbocycles. The van der Waals surface area contributed by atoms with Crippen molar-refractivity contribution in [2.24, 2.45) is 5.41 Å². The first-order chi connectivity index (χ1) is 17.2. The molecule has 1 saturated carbocycles. The first kappa shape index (κ1) is 25.3. The van der Waals surface area contributed by atoms with Gasteiger partial charge in [-0.25, -0.2) is 9.59 Å². The molecule has 0 aromatic heterocycles. The minimum Gasteiger partial charge on any atom is -0.480 e. The fourth-order valence-electron chi connectivity index (χ4n) is 4.89. The summed E-state index contributed by atoms with van der Waals surface area (Å²) in [4.78, 5) is 48.6. The van der Waals surface area contributed by atoms with E-state index in [9.17, 15) is 24.3 Å². The SMILES string of the molecule is CC1(C)CC(=O)C(=CCNC[C@H](NC(=O)OCC2c3ccccc3-c3ccccc32)C(=O)O)C(=O)C1. The molecule has 1 amide bonds. The lowest BCUT2D eigenvalue weighted by atomic mass is 9.74. The van der Waals surface area contributed by atoms with E-state index in [1.165, 1.54) is 6.08 Å². The van der Waals surface area contributed by atoms with E-state index in [4.69, 9.17) is 4.74 Å². The highest BCUT2D eigenvalue weighted by Crippen LogP contribution is 2.44. The topological polar surface area (TPSA) is 122 Å². The highest BCUT2D eigenvalue weighted by molar-refractivity contribution is 6.22. The number of allylic oxidation sites excluding steroid dienone is 1. The Hall–Kier alpha value is -3.78. The van der Waals surface area contributed by atoms with Crippen LogP contribution in [0.25, 0.3) is 11.1 Å². The number of carboxylic acid groups (broad SMARTS) is 1. The Kier molecular flexibility index (Phi) is 7.35. The number of fused-ring (bicyclic) bond motifs is 3. The molecule has 0 radical (unpaired) electrons. The molecule has 1 fully saturated rings. The van der Waals surface area contributed by atoms with Crippen molar-refractivity contribution < 1.29 is 29.0 Å². The molecule has 4 rings (SSSR count). The van der Waals surface area contributed by atoms with Crippen molar-refractivity contribution in [3.05, 3.63) is 71.3 Å². The molecule has 36 heavy (non-hydrogen) atoms. The normalized spacial score (nSPS) is 17.2. The second-order valence-electron chi connectivity index (χ2n) is 10.0. The Bertz CT molecular complexity index is 1160. The zero-order chi connectivity index (χ0) is 25.9. The molecule has 188 valence electrons. The van der Waals surface area contributed by atoms with Crippen molar-refractivity contribution in [1.29, 1.82) is 0 Å². The second-order valence-corrected chi connectivity index (χ2v) is 10.0. The van der Waals surface area contributed by atoms with Gasteiger partial charge in [-0.05, 0) is 27.7 Å². The molecular weight excluding hydrogens is 460 g/mol. The summed E-state index contributed by atoms with van der Waals surface area (Å²) in [6.45, 7) is 3.86. The van der Waals surface area contributed by atoms with Crippen LogP contribution < -0.4 is 10.6 Å². The van der Waals surface area contributed by atoms with Crippen LogP contribution in [0.2, 0.25) is 0 Å². The minimum absolute atomic E-state index is 0.0757. The Labute approximate surface area is 209 Å². The Balaban J connectivity index is 1.30. The summed E-state index contributed by atoms with van der Waals surface area (Å²) in [6.07, 6.45) is 1.26. The minimum atomic E-state index is -1.24. The fraction of sp³-hybridized carbons (Fsp3) is 0.357. The molecule has 8 heteroatoms. The van der Waals surface area contributed by atoms with Gasteiger partial charge in [0.1, 0.15) is 12.6 Å². The van der Waals surface area contributed by atoms with Crippen LogP contribution in [0.15, 0.2) is 60.2 Å². The monoisotopic (exact) mass is 490 g/mol. The van der Waals surface area contributed by atoms with E-state index in [1.54, 1.807) is 0 Å². The number of carbonyl (C=O) groups is 4. The van der Waals surface area contributed by atoms with Crippen molar-refractivity contribution >= 4 is 23.6 Å². The van der Waals surface area contributed by atoms with Gasteiger partial charge in [0.2, 0.25) is 0 Å². The predicted molar refractivity (Wildman–Crippen MR) is 134 cm³/mol. The molecule has 8 nitrogen and oxygen atoms in total. The van der Waals surface area contributed by atoms with Crippen molar-refractivity contribution in [3.8, 4) is 11.1 Å². The third-order valence-electron chi connectivity index (χ3n) is 6.61. The number of Topliss-reactive ketones (excluding diaryl/α,β-unsaturated/α-hetero) is 2. The van der Waals surface area contributed by atoms with E-state index < -0.39 is 18.1 Å². The number of carboxylic acids is 1. The molecule has 3 N–H and O–H groups in total. The lowest BCUT2D eigenvalue weighted by Gasteiger charge is -2.28. The van der Waals surface area contributed by atoms with Crippen LogP contribution in [0.5, 0.6) is 0 Å². The predicted octanol–water partition coefficient (Wildman–Crippen LogP) is 3.45. The van der Waals surface area contributed by atoms with Crippen LogP contribution in [0.4, 0.5) is 4.79 Å². The first-order valence-corrected chi connectivity index (χ1v) is 12.0. The number of aliphatic carboxylic acids is 1. The second kappa shape index (κ2) is 10.5. The van der Waals surface area contributed by atoms with E-state index in [-0.39, 0.29) is 48.2 Å². The zero-order valence-corrected chi connectivity index (χ0v) is 20.4. The maximum absolute atomic E-state index is 12.4. The lowest BCUT2D eigenvalue weighted by molar-refractivity contribution is -0.139.